The van der Waals surface area contributed by atoms with Crippen LogP contribution in [0.15, 0.2) is 0 Å². The van der Waals surface area contributed by atoms with Gasteiger partial charge in [0.1, 0.15) is 11.6 Å². The molecule has 0 amide bonds. The molecule has 0 spiro atoms. The average Bonchev–Trinajstić information content (AvgIpc) is 2.58. The molecular formula is C7H9ClN2O2. The molecular weight excluding hydrogens is 180 g/mol. The van der Waals surface area contributed by atoms with Crippen LogP contribution >= 0.6 is 11.6 Å². The summed E-state index contributed by atoms with van der Waals surface area (Å²) in [6.07, 6.45) is 0.488. The molecule has 0 fully saturated rings. The number of ether oxygens (including phenoxy) is 1. The monoisotopic (exact) mass is 188 g/mol. The summed E-state index contributed by atoms with van der Waals surface area (Å²) < 4.78 is 6.97. The third-order valence-corrected chi connectivity index (χ3v) is 2.19. The number of fused-ring (bicyclic) bond motifs is 1. The topological polar surface area (TPSA) is 47.3 Å². The van der Waals surface area contributed by atoms with E-state index < -0.39 is 0 Å². The lowest BCUT2D eigenvalue weighted by Crippen LogP contribution is -1.99. The maximum atomic E-state index is 8.69. The van der Waals surface area contributed by atoms with Crippen molar-refractivity contribution in [1.82, 2.24) is 9.78 Å². The number of nitrogens with zero attached hydrogens (tertiary/aromatic N) is 2. The lowest BCUT2D eigenvalue weighted by Gasteiger charge is -1.94. The van der Waals surface area contributed by atoms with Crippen molar-refractivity contribution in [2.75, 3.05) is 13.2 Å². The second-order valence-corrected chi connectivity index (χ2v) is 2.99. The number of rotatable bonds is 2. The molecule has 0 saturated carbocycles. The molecule has 4 nitrogen and oxygen atoms in total. The zero-order valence-corrected chi connectivity index (χ0v) is 7.21. The van der Waals surface area contributed by atoms with Gasteiger partial charge < -0.3 is 9.84 Å². The van der Waals surface area contributed by atoms with Crippen LogP contribution in [0.3, 0.4) is 0 Å². The first-order valence-electron chi connectivity index (χ1n) is 3.82. The van der Waals surface area contributed by atoms with E-state index in [9.17, 15) is 0 Å². The molecule has 0 unspecified atom stereocenters. The summed E-state index contributed by atoms with van der Waals surface area (Å²) >= 11 is 5.93. The second kappa shape index (κ2) is 2.95. The minimum Gasteiger partial charge on any atom is -0.475 e. The minimum atomic E-state index is 0.0656. The predicted molar refractivity (Wildman–Crippen MR) is 43.5 cm³/mol. The van der Waals surface area contributed by atoms with Gasteiger partial charge in [-0.2, -0.15) is 5.10 Å². The molecule has 5 heteroatoms. The van der Waals surface area contributed by atoms with Crippen LogP contribution in [0.2, 0.25) is 5.02 Å². The Kier molecular flexibility index (Phi) is 1.94. The van der Waals surface area contributed by atoms with Gasteiger partial charge in [-0.05, 0) is 0 Å². The maximum absolute atomic E-state index is 8.69. The lowest BCUT2D eigenvalue weighted by molar-refractivity contribution is 0.297. The van der Waals surface area contributed by atoms with Crippen LogP contribution in [0.4, 0.5) is 0 Å². The molecule has 0 aromatic carbocycles. The Morgan fingerprint density at radius 2 is 2.50 bits per heavy atom. The van der Waals surface area contributed by atoms with Crippen molar-refractivity contribution in [3.63, 3.8) is 0 Å². The fraction of sp³-hybridized carbons (Fsp3) is 0.571. The highest BCUT2D eigenvalue weighted by Crippen LogP contribution is 2.31. The quantitative estimate of drug-likeness (QED) is 0.734. The van der Waals surface area contributed by atoms with Crippen LogP contribution in [0.5, 0.6) is 5.88 Å². The van der Waals surface area contributed by atoms with Gasteiger partial charge in [-0.3, -0.25) is 0 Å². The highest BCUT2D eigenvalue weighted by Gasteiger charge is 2.21. The standard InChI is InChI=1S/C7H9ClN2O2/c8-6-5(1-3-11)9-10-2-4-12-7(6)10/h11H,1-4H2. The number of aliphatic hydroxyl groups is 1. The molecule has 0 aliphatic carbocycles. The third kappa shape index (κ3) is 1.07. The van der Waals surface area contributed by atoms with Gasteiger partial charge >= 0.3 is 0 Å². The molecule has 0 saturated heterocycles. The maximum Gasteiger partial charge on any atom is 0.231 e. The van der Waals surface area contributed by atoms with Crippen LogP contribution in [-0.4, -0.2) is 28.1 Å². The van der Waals surface area contributed by atoms with E-state index in [2.05, 4.69) is 5.10 Å². The molecule has 1 aromatic rings. The van der Waals surface area contributed by atoms with Crippen molar-refractivity contribution in [1.29, 1.82) is 0 Å². The van der Waals surface area contributed by atoms with E-state index in [1.807, 2.05) is 0 Å². The van der Waals surface area contributed by atoms with Crippen molar-refractivity contribution < 1.29 is 9.84 Å². The first-order chi connectivity index (χ1) is 5.83. The Labute approximate surface area is 74.7 Å². The van der Waals surface area contributed by atoms with Gasteiger partial charge in [0.05, 0.1) is 12.2 Å². The smallest absolute Gasteiger partial charge is 0.231 e. The van der Waals surface area contributed by atoms with E-state index in [1.54, 1.807) is 4.68 Å². The number of aromatic nitrogens is 2. The summed E-state index contributed by atoms with van der Waals surface area (Å²) in [5.41, 5.74) is 0.717. The Morgan fingerprint density at radius 3 is 3.17 bits per heavy atom. The highest BCUT2D eigenvalue weighted by atomic mass is 35.5. The normalized spacial score (nSPS) is 14.5. The van der Waals surface area contributed by atoms with Gasteiger partial charge in [-0.15, -0.1) is 0 Å². The molecule has 12 heavy (non-hydrogen) atoms. The van der Waals surface area contributed by atoms with E-state index in [0.29, 0.717) is 29.6 Å². The fourth-order valence-electron chi connectivity index (χ4n) is 1.26. The SMILES string of the molecule is OCCc1nn2c(c1Cl)OCC2. The summed E-state index contributed by atoms with van der Waals surface area (Å²) in [6.45, 7) is 1.46. The first-order valence-corrected chi connectivity index (χ1v) is 4.19. The molecule has 0 bridgehead atoms. The van der Waals surface area contributed by atoms with Gasteiger partial charge in [0, 0.05) is 13.0 Å². The van der Waals surface area contributed by atoms with Gasteiger partial charge in [-0.1, -0.05) is 11.6 Å². The Morgan fingerprint density at radius 1 is 1.67 bits per heavy atom. The number of hydrogen-bond acceptors (Lipinski definition) is 3. The minimum absolute atomic E-state index is 0.0656. The molecule has 2 rings (SSSR count). The summed E-state index contributed by atoms with van der Waals surface area (Å²) in [7, 11) is 0. The van der Waals surface area contributed by atoms with E-state index in [-0.39, 0.29) is 6.61 Å². The molecule has 1 aromatic heterocycles. The van der Waals surface area contributed by atoms with Crippen molar-refractivity contribution >= 4 is 11.6 Å². The Hall–Kier alpha value is -0.740. The van der Waals surface area contributed by atoms with E-state index in [0.717, 1.165) is 6.54 Å². The largest absolute Gasteiger partial charge is 0.475 e. The van der Waals surface area contributed by atoms with Gasteiger partial charge in [-0.25, -0.2) is 4.68 Å². The van der Waals surface area contributed by atoms with Crippen LogP contribution in [0, 0.1) is 0 Å². The molecule has 1 aliphatic heterocycles. The lowest BCUT2D eigenvalue weighted by atomic mass is 10.3. The molecule has 66 valence electrons. The van der Waals surface area contributed by atoms with Crippen molar-refractivity contribution in [2.24, 2.45) is 0 Å². The fourth-order valence-corrected chi connectivity index (χ4v) is 1.54. The van der Waals surface area contributed by atoms with Gasteiger partial charge in [0.25, 0.3) is 0 Å². The van der Waals surface area contributed by atoms with Crippen LogP contribution in [-0.2, 0) is 13.0 Å². The molecule has 2 heterocycles. The van der Waals surface area contributed by atoms with E-state index >= 15 is 0 Å². The third-order valence-electron chi connectivity index (χ3n) is 1.81. The second-order valence-electron chi connectivity index (χ2n) is 2.61. The van der Waals surface area contributed by atoms with E-state index in [4.69, 9.17) is 21.4 Å². The van der Waals surface area contributed by atoms with Crippen LogP contribution in [0.1, 0.15) is 5.69 Å². The van der Waals surface area contributed by atoms with E-state index in [1.165, 1.54) is 0 Å². The molecule has 0 atom stereocenters. The van der Waals surface area contributed by atoms with Gasteiger partial charge in [0.2, 0.25) is 5.88 Å². The summed E-state index contributed by atoms with van der Waals surface area (Å²) in [5.74, 6) is 0.639. The van der Waals surface area contributed by atoms with Crippen molar-refractivity contribution in [3.05, 3.63) is 10.7 Å². The van der Waals surface area contributed by atoms with Crippen molar-refractivity contribution in [3.8, 4) is 5.88 Å². The van der Waals surface area contributed by atoms with Crippen LogP contribution < -0.4 is 4.74 Å². The molecule has 0 radical (unpaired) electrons. The first kappa shape index (κ1) is 7.89. The predicted octanol–water partition coefficient (Wildman–Crippen LogP) is 0.464. The summed E-state index contributed by atoms with van der Waals surface area (Å²) in [5, 5.41) is 13.4. The van der Waals surface area contributed by atoms with Crippen molar-refractivity contribution in [2.45, 2.75) is 13.0 Å². The average molecular weight is 189 g/mol. The summed E-state index contributed by atoms with van der Waals surface area (Å²) in [4.78, 5) is 0. The number of hydrogen-bond donors (Lipinski definition) is 1. The number of halogens is 1. The molecule has 1 N–H and O–H groups in total. The zero-order chi connectivity index (χ0) is 8.55. The Balaban J connectivity index is 2.34. The zero-order valence-electron chi connectivity index (χ0n) is 6.46. The number of aliphatic hydroxyl groups excluding tert-OH is 1. The molecule has 1 aliphatic rings. The van der Waals surface area contributed by atoms with Crippen LogP contribution in [0.25, 0.3) is 0 Å². The highest BCUT2D eigenvalue weighted by molar-refractivity contribution is 6.32. The van der Waals surface area contributed by atoms with Gasteiger partial charge in [0.15, 0.2) is 0 Å². The summed E-state index contributed by atoms with van der Waals surface area (Å²) in [6, 6.07) is 0. The Bertz CT molecular complexity index is 298.